The number of anilines is 1. The van der Waals surface area contributed by atoms with Gasteiger partial charge in [0.05, 0.1) is 34.8 Å². The molecule has 7 heterocycles. The summed E-state index contributed by atoms with van der Waals surface area (Å²) in [6, 6.07) is 9.60. The standard InChI is InChI=1S/C29H26N10O/c40-25(10-17-5-8-30-9-6-17)34-20-11-19(13-32-14-20)22-3-4-23-27(35-22)28(39-38-23)29-36-24-16-33-15-21(26(24)37-29)18-2-1-7-31-12-18/h1-4,7,11-17,30H,5-6,8-10H2,(H,34,40)(H,36,37)(H,38,39). The topological polar surface area (TPSA) is 150 Å². The zero-order valence-corrected chi connectivity index (χ0v) is 21.6. The lowest BCUT2D eigenvalue weighted by molar-refractivity contribution is -0.117. The van der Waals surface area contributed by atoms with E-state index in [4.69, 9.17) is 9.97 Å². The van der Waals surface area contributed by atoms with Crippen LogP contribution in [0.25, 0.3) is 56.0 Å². The van der Waals surface area contributed by atoms with E-state index < -0.39 is 0 Å². The molecule has 11 heteroatoms. The van der Waals surface area contributed by atoms with Gasteiger partial charge in [0.15, 0.2) is 11.5 Å². The Hall–Kier alpha value is -5.03. The fraction of sp³-hybridized carbons (Fsp3) is 0.207. The first kappa shape index (κ1) is 24.0. The third kappa shape index (κ3) is 4.67. The van der Waals surface area contributed by atoms with Crippen molar-refractivity contribution in [2.75, 3.05) is 18.4 Å². The number of amides is 1. The Balaban J connectivity index is 1.19. The molecule has 0 spiro atoms. The SMILES string of the molecule is O=C(CC1CCNCC1)Nc1cncc(-c2ccc3[nH]nc(-c4nc5c(-c6cccnc6)cncc5[nH]4)c3n2)c1. The molecule has 7 rings (SSSR count). The highest BCUT2D eigenvalue weighted by Gasteiger charge is 2.19. The van der Waals surface area contributed by atoms with Crippen molar-refractivity contribution in [2.45, 2.75) is 19.3 Å². The first-order chi connectivity index (χ1) is 19.7. The molecular weight excluding hydrogens is 504 g/mol. The molecule has 0 saturated carbocycles. The van der Waals surface area contributed by atoms with Gasteiger partial charge in [-0.15, -0.1) is 0 Å². The molecule has 11 nitrogen and oxygen atoms in total. The van der Waals surface area contributed by atoms with Crippen LogP contribution in [-0.2, 0) is 4.79 Å². The monoisotopic (exact) mass is 530 g/mol. The van der Waals surface area contributed by atoms with E-state index in [9.17, 15) is 4.79 Å². The Morgan fingerprint density at radius 3 is 2.65 bits per heavy atom. The lowest BCUT2D eigenvalue weighted by Crippen LogP contribution is -2.30. The zero-order valence-electron chi connectivity index (χ0n) is 21.6. The van der Waals surface area contributed by atoms with E-state index in [1.165, 1.54) is 0 Å². The lowest BCUT2D eigenvalue weighted by atomic mass is 9.94. The van der Waals surface area contributed by atoms with Gasteiger partial charge in [-0.25, -0.2) is 9.97 Å². The molecule has 6 aromatic heterocycles. The van der Waals surface area contributed by atoms with Crippen LogP contribution in [0.5, 0.6) is 0 Å². The summed E-state index contributed by atoms with van der Waals surface area (Å²) in [6.07, 6.45) is 13.0. The zero-order chi connectivity index (χ0) is 26.9. The van der Waals surface area contributed by atoms with Crippen molar-refractivity contribution in [1.29, 1.82) is 0 Å². The number of carbonyl (C=O) groups is 1. The number of aromatic nitrogens is 8. The quantitative estimate of drug-likeness (QED) is 0.248. The Labute approximate surface area is 228 Å². The van der Waals surface area contributed by atoms with Crippen LogP contribution < -0.4 is 10.6 Å². The average Bonchev–Trinajstić information content (AvgIpc) is 3.62. The van der Waals surface area contributed by atoms with E-state index in [0.717, 1.165) is 59.2 Å². The van der Waals surface area contributed by atoms with E-state index in [0.29, 0.717) is 40.8 Å². The number of carbonyl (C=O) groups excluding carboxylic acids is 1. The molecule has 40 heavy (non-hydrogen) atoms. The summed E-state index contributed by atoms with van der Waals surface area (Å²) < 4.78 is 0. The number of nitrogens with one attached hydrogen (secondary N) is 4. The summed E-state index contributed by atoms with van der Waals surface area (Å²) >= 11 is 0. The minimum atomic E-state index is 0.0106. The molecule has 1 saturated heterocycles. The number of hydrogen-bond donors (Lipinski definition) is 4. The van der Waals surface area contributed by atoms with Gasteiger partial charge >= 0.3 is 0 Å². The molecule has 0 bridgehead atoms. The molecule has 1 aliphatic rings. The Bertz CT molecular complexity index is 1820. The van der Waals surface area contributed by atoms with Crippen LogP contribution in [-0.4, -0.2) is 59.1 Å². The lowest BCUT2D eigenvalue weighted by Gasteiger charge is -2.21. The first-order valence-corrected chi connectivity index (χ1v) is 13.3. The van der Waals surface area contributed by atoms with Crippen LogP contribution in [0, 0.1) is 5.92 Å². The molecule has 1 aliphatic heterocycles. The minimum Gasteiger partial charge on any atom is -0.335 e. The number of pyridine rings is 4. The molecule has 4 N–H and O–H groups in total. The van der Waals surface area contributed by atoms with Crippen molar-refractivity contribution in [3.63, 3.8) is 0 Å². The van der Waals surface area contributed by atoms with E-state index >= 15 is 0 Å². The van der Waals surface area contributed by atoms with Crippen LogP contribution >= 0.6 is 0 Å². The molecule has 0 radical (unpaired) electrons. The number of nitrogens with zero attached hydrogens (tertiary/aromatic N) is 6. The van der Waals surface area contributed by atoms with Gasteiger partial charge in [-0.2, -0.15) is 5.10 Å². The molecule has 0 atom stereocenters. The van der Waals surface area contributed by atoms with E-state index in [-0.39, 0.29) is 5.91 Å². The summed E-state index contributed by atoms with van der Waals surface area (Å²) in [5, 5.41) is 13.9. The molecule has 1 amide bonds. The highest BCUT2D eigenvalue weighted by Crippen LogP contribution is 2.31. The maximum atomic E-state index is 12.7. The number of hydrogen-bond acceptors (Lipinski definition) is 8. The minimum absolute atomic E-state index is 0.0106. The number of imidazole rings is 1. The van der Waals surface area contributed by atoms with Gasteiger partial charge in [-0.3, -0.25) is 24.8 Å². The maximum Gasteiger partial charge on any atom is 0.224 e. The number of rotatable bonds is 6. The second-order valence-electron chi connectivity index (χ2n) is 9.98. The van der Waals surface area contributed by atoms with Crippen LogP contribution in [0.1, 0.15) is 19.3 Å². The van der Waals surface area contributed by atoms with Crippen molar-refractivity contribution < 1.29 is 4.79 Å². The smallest absolute Gasteiger partial charge is 0.224 e. The molecule has 198 valence electrons. The third-order valence-corrected chi connectivity index (χ3v) is 7.25. The van der Waals surface area contributed by atoms with Gasteiger partial charge in [-0.05, 0) is 56.1 Å². The summed E-state index contributed by atoms with van der Waals surface area (Å²) in [5.41, 5.74) is 7.60. The van der Waals surface area contributed by atoms with E-state index in [1.807, 2.05) is 30.3 Å². The fourth-order valence-corrected chi connectivity index (χ4v) is 5.21. The second-order valence-corrected chi connectivity index (χ2v) is 9.98. The number of H-pyrrole nitrogens is 2. The normalized spacial score (nSPS) is 14.1. The van der Waals surface area contributed by atoms with E-state index in [2.05, 4.69) is 40.8 Å². The molecular formula is C29H26N10O. The Morgan fingerprint density at radius 1 is 0.900 bits per heavy atom. The predicted octanol–water partition coefficient (Wildman–Crippen LogP) is 4.35. The van der Waals surface area contributed by atoms with Crippen molar-refractivity contribution in [3.05, 3.63) is 67.5 Å². The number of piperidine rings is 1. The Kier molecular flexibility index (Phi) is 6.17. The summed E-state index contributed by atoms with van der Waals surface area (Å²) in [4.78, 5) is 38.7. The van der Waals surface area contributed by atoms with Crippen LogP contribution in [0.4, 0.5) is 5.69 Å². The summed E-state index contributed by atoms with van der Waals surface area (Å²) in [5.74, 6) is 1.01. The average molecular weight is 531 g/mol. The fourth-order valence-electron chi connectivity index (χ4n) is 5.21. The number of fused-ring (bicyclic) bond motifs is 2. The Morgan fingerprint density at radius 2 is 1.77 bits per heavy atom. The first-order valence-electron chi connectivity index (χ1n) is 13.3. The number of aromatic amines is 2. The van der Waals surface area contributed by atoms with Crippen LogP contribution in [0.15, 0.2) is 67.5 Å². The molecule has 1 fully saturated rings. The molecule has 0 unspecified atom stereocenters. The van der Waals surface area contributed by atoms with Gasteiger partial charge < -0.3 is 15.6 Å². The highest BCUT2D eigenvalue weighted by molar-refractivity contribution is 5.96. The van der Waals surface area contributed by atoms with Crippen molar-refractivity contribution in [3.8, 4) is 33.9 Å². The largest absolute Gasteiger partial charge is 0.335 e. The molecule has 6 aromatic rings. The van der Waals surface area contributed by atoms with Crippen LogP contribution in [0.3, 0.4) is 0 Å². The van der Waals surface area contributed by atoms with Crippen LogP contribution in [0.2, 0.25) is 0 Å². The molecule has 0 aliphatic carbocycles. The summed E-state index contributed by atoms with van der Waals surface area (Å²) in [6.45, 7) is 1.94. The third-order valence-electron chi connectivity index (χ3n) is 7.25. The van der Waals surface area contributed by atoms with Gasteiger partial charge in [0, 0.05) is 47.9 Å². The van der Waals surface area contributed by atoms with Gasteiger partial charge in [0.1, 0.15) is 11.0 Å². The van der Waals surface area contributed by atoms with Crippen molar-refractivity contribution >= 4 is 33.7 Å². The van der Waals surface area contributed by atoms with Crippen molar-refractivity contribution in [1.82, 2.24) is 45.4 Å². The van der Waals surface area contributed by atoms with Crippen molar-refractivity contribution in [2.24, 2.45) is 5.92 Å². The molecule has 0 aromatic carbocycles. The second kappa shape index (κ2) is 10.3. The summed E-state index contributed by atoms with van der Waals surface area (Å²) in [7, 11) is 0. The van der Waals surface area contributed by atoms with E-state index in [1.54, 1.807) is 37.2 Å². The van der Waals surface area contributed by atoms with Gasteiger partial charge in [0.2, 0.25) is 5.91 Å². The van der Waals surface area contributed by atoms with Gasteiger partial charge in [0.25, 0.3) is 0 Å². The predicted molar refractivity (Wildman–Crippen MR) is 152 cm³/mol. The van der Waals surface area contributed by atoms with Gasteiger partial charge in [-0.1, -0.05) is 6.07 Å². The maximum absolute atomic E-state index is 12.7. The highest BCUT2D eigenvalue weighted by atomic mass is 16.1.